The van der Waals surface area contributed by atoms with Crippen LogP contribution in [0.5, 0.6) is 0 Å². The Bertz CT molecular complexity index is 300. The molecule has 0 aromatic rings. The highest BCUT2D eigenvalue weighted by Gasteiger charge is 2.36. The molecule has 0 rings (SSSR count). The van der Waals surface area contributed by atoms with Crippen molar-refractivity contribution in [3.8, 4) is 0 Å². The molecule has 5 heteroatoms. The van der Waals surface area contributed by atoms with Crippen LogP contribution in [0.2, 0.25) is 0 Å². The molecule has 17 heavy (non-hydrogen) atoms. The minimum atomic E-state index is -1.03. The van der Waals surface area contributed by atoms with E-state index in [1.165, 1.54) is 4.90 Å². The Labute approximate surface area is 103 Å². The lowest BCUT2D eigenvalue weighted by atomic mass is 9.85. The Balaban J connectivity index is 5.08. The largest absolute Gasteiger partial charge is 0.480 e. The molecule has 0 radical (unpaired) electrons. The van der Waals surface area contributed by atoms with Gasteiger partial charge < -0.3 is 15.7 Å². The van der Waals surface area contributed by atoms with E-state index in [2.05, 4.69) is 0 Å². The number of hydrogen-bond donors (Lipinski definition) is 2. The van der Waals surface area contributed by atoms with Crippen molar-refractivity contribution in [3.63, 3.8) is 0 Å². The summed E-state index contributed by atoms with van der Waals surface area (Å²) in [5.74, 6) is -1.36. The minimum absolute atomic E-state index is 0.326. The van der Waals surface area contributed by atoms with Crippen LogP contribution in [0, 0.1) is 5.41 Å². The number of amides is 1. The van der Waals surface area contributed by atoms with Crippen LogP contribution >= 0.6 is 0 Å². The van der Waals surface area contributed by atoms with Crippen molar-refractivity contribution < 1.29 is 14.7 Å². The summed E-state index contributed by atoms with van der Waals surface area (Å²) in [7, 11) is 0. The van der Waals surface area contributed by atoms with Crippen LogP contribution in [-0.4, -0.2) is 40.0 Å². The number of nitrogens with two attached hydrogens (primary N) is 1. The van der Waals surface area contributed by atoms with Crippen LogP contribution in [-0.2, 0) is 9.59 Å². The first-order valence-electron chi connectivity index (χ1n) is 5.66. The molecule has 0 heterocycles. The van der Waals surface area contributed by atoms with E-state index in [-0.39, 0.29) is 17.9 Å². The predicted octanol–water partition coefficient (Wildman–Crippen LogP) is 1.07. The van der Waals surface area contributed by atoms with Gasteiger partial charge in [0.15, 0.2) is 0 Å². The molecule has 1 amide bonds. The molecule has 0 spiro atoms. The van der Waals surface area contributed by atoms with E-state index in [9.17, 15) is 9.59 Å². The standard InChI is InChI=1S/C12H24N2O3/c1-11(2,3)9(13)10(17)14(7-8(15)16)12(4,5)6/h9H,7,13H2,1-6H3,(H,15,16)/t9-/m0/s1. The van der Waals surface area contributed by atoms with Gasteiger partial charge in [0.2, 0.25) is 5.91 Å². The Morgan fingerprint density at radius 2 is 1.59 bits per heavy atom. The minimum Gasteiger partial charge on any atom is -0.480 e. The molecule has 0 fully saturated rings. The first-order chi connectivity index (χ1) is 7.37. The number of carboxylic acids is 1. The molecule has 0 aromatic carbocycles. The third kappa shape index (κ3) is 4.73. The second kappa shape index (κ2) is 5.04. The fraction of sp³-hybridized carbons (Fsp3) is 0.833. The molecule has 0 unspecified atom stereocenters. The van der Waals surface area contributed by atoms with Gasteiger partial charge in [-0.1, -0.05) is 20.8 Å². The first-order valence-corrected chi connectivity index (χ1v) is 5.66. The zero-order chi connectivity index (χ0) is 14.0. The fourth-order valence-electron chi connectivity index (χ4n) is 1.32. The van der Waals surface area contributed by atoms with Crippen molar-refractivity contribution >= 4 is 11.9 Å². The summed E-state index contributed by atoms with van der Waals surface area (Å²) in [6.07, 6.45) is 0. The molecule has 0 aliphatic rings. The monoisotopic (exact) mass is 244 g/mol. The number of nitrogens with zero attached hydrogens (tertiary/aromatic N) is 1. The first kappa shape index (κ1) is 15.9. The number of carbonyl (C=O) groups is 2. The van der Waals surface area contributed by atoms with E-state index in [1.807, 2.05) is 20.8 Å². The average Bonchev–Trinajstić information content (AvgIpc) is 2.08. The molecule has 1 atom stereocenters. The number of aliphatic carboxylic acids is 1. The highest BCUT2D eigenvalue weighted by atomic mass is 16.4. The molecule has 0 aliphatic heterocycles. The van der Waals surface area contributed by atoms with Crippen molar-refractivity contribution in [1.29, 1.82) is 0 Å². The van der Waals surface area contributed by atoms with E-state index >= 15 is 0 Å². The number of hydrogen-bond acceptors (Lipinski definition) is 3. The maximum Gasteiger partial charge on any atom is 0.323 e. The Hall–Kier alpha value is -1.10. The van der Waals surface area contributed by atoms with Crippen molar-refractivity contribution in [2.24, 2.45) is 11.1 Å². The van der Waals surface area contributed by atoms with E-state index in [1.54, 1.807) is 20.8 Å². The van der Waals surface area contributed by atoms with E-state index < -0.39 is 17.6 Å². The van der Waals surface area contributed by atoms with Gasteiger partial charge in [-0.15, -0.1) is 0 Å². The molecule has 0 saturated carbocycles. The maximum absolute atomic E-state index is 12.2. The van der Waals surface area contributed by atoms with E-state index in [4.69, 9.17) is 10.8 Å². The Morgan fingerprint density at radius 3 is 1.82 bits per heavy atom. The van der Waals surface area contributed by atoms with Crippen LogP contribution < -0.4 is 5.73 Å². The second-order valence-corrected chi connectivity index (χ2v) is 6.33. The lowest BCUT2D eigenvalue weighted by Gasteiger charge is -2.39. The number of rotatable bonds is 3. The SMILES string of the molecule is CC(C)(C)[C@@H](N)C(=O)N(CC(=O)O)C(C)(C)C. The van der Waals surface area contributed by atoms with Gasteiger partial charge in [-0.05, 0) is 26.2 Å². The smallest absolute Gasteiger partial charge is 0.323 e. The third-order valence-corrected chi connectivity index (χ3v) is 2.57. The molecule has 0 aliphatic carbocycles. The summed E-state index contributed by atoms with van der Waals surface area (Å²) in [6, 6.07) is -0.707. The molecule has 100 valence electrons. The van der Waals surface area contributed by atoms with E-state index in [0.29, 0.717) is 0 Å². The molecular formula is C12H24N2O3. The van der Waals surface area contributed by atoms with Gasteiger partial charge in [-0.25, -0.2) is 0 Å². The number of carboxylic acid groups (broad SMARTS) is 1. The summed E-state index contributed by atoms with van der Waals surface area (Å²) >= 11 is 0. The van der Waals surface area contributed by atoms with Crippen molar-refractivity contribution in [3.05, 3.63) is 0 Å². The van der Waals surface area contributed by atoms with Gasteiger partial charge in [0.1, 0.15) is 6.54 Å². The van der Waals surface area contributed by atoms with E-state index in [0.717, 1.165) is 0 Å². The van der Waals surface area contributed by atoms with Crippen LogP contribution in [0.25, 0.3) is 0 Å². The van der Waals surface area contributed by atoms with Crippen LogP contribution in [0.15, 0.2) is 0 Å². The molecule has 0 aromatic heterocycles. The highest BCUT2D eigenvalue weighted by molar-refractivity contribution is 5.86. The normalized spacial score (nSPS) is 14.3. The highest BCUT2D eigenvalue weighted by Crippen LogP contribution is 2.22. The van der Waals surface area contributed by atoms with Gasteiger partial charge in [0, 0.05) is 5.54 Å². The lowest BCUT2D eigenvalue weighted by Crippen LogP contribution is -2.57. The number of carbonyl (C=O) groups excluding carboxylic acids is 1. The van der Waals surface area contributed by atoms with Crippen molar-refractivity contribution in [1.82, 2.24) is 4.90 Å². The molecule has 3 N–H and O–H groups in total. The van der Waals surface area contributed by atoms with Crippen LogP contribution in [0.3, 0.4) is 0 Å². The van der Waals surface area contributed by atoms with Gasteiger partial charge >= 0.3 is 5.97 Å². The summed E-state index contributed by atoms with van der Waals surface area (Å²) in [6.45, 7) is 10.6. The summed E-state index contributed by atoms with van der Waals surface area (Å²) in [5, 5.41) is 8.85. The third-order valence-electron chi connectivity index (χ3n) is 2.57. The quantitative estimate of drug-likeness (QED) is 0.778. The van der Waals surface area contributed by atoms with Crippen molar-refractivity contribution in [2.75, 3.05) is 6.54 Å². The maximum atomic E-state index is 12.2. The van der Waals surface area contributed by atoms with Crippen molar-refractivity contribution in [2.45, 2.75) is 53.1 Å². The van der Waals surface area contributed by atoms with Gasteiger partial charge in [-0.2, -0.15) is 0 Å². The van der Waals surface area contributed by atoms with Gasteiger partial charge in [-0.3, -0.25) is 9.59 Å². The second-order valence-electron chi connectivity index (χ2n) is 6.33. The predicted molar refractivity (Wildman–Crippen MR) is 66.5 cm³/mol. The molecule has 5 nitrogen and oxygen atoms in total. The average molecular weight is 244 g/mol. The Kier molecular flexibility index (Phi) is 4.71. The Morgan fingerprint density at radius 1 is 1.18 bits per heavy atom. The zero-order valence-corrected chi connectivity index (χ0v) is 11.6. The van der Waals surface area contributed by atoms with Gasteiger partial charge in [0.25, 0.3) is 0 Å². The summed E-state index contributed by atoms with van der Waals surface area (Å²) < 4.78 is 0. The van der Waals surface area contributed by atoms with Crippen LogP contribution in [0.4, 0.5) is 0 Å². The topological polar surface area (TPSA) is 83.6 Å². The van der Waals surface area contributed by atoms with Crippen LogP contribution in [0.1, 0.15) is 41.5 Å². The molecule has 0 bridgehead atoms. The lowest BCUT2D eigenvalue weighted by molar-refractivity contribution is -0.150. The summed E-state index contributed by atoms with van der Waals surface area (Å²) in [4.78, 5) is 24.3. The molecular weight excluding hydrogens is 220 g/mol. The summed E-state index contributed by atoms with van der Waals surface area (Å²) in [5.41, 5.74) is 4.94. The fourth-order valence-corrected chi connectivity index (χ4v) is 1.32. The zero-order valence-electron chi connectivity index (χ0n) is 11.6. The van der Waals surface area contributed by atoms with Gasteiger partial charge in [0.05, 0.1) is 6.04 Å². The molecule has 0 saturated heterocycles.